The van der Waals surface area contributed by atoms with E-state index in [0.29, 0.717) is 23.8 Å². The fourth-order valence-corrected chi connectivity index (χ4v) is 1.83. The first-order valence-corrected chi connectivity index (χ1v) is 7.24. The van der Waals surface area contributed by atoms with Gasteiger partial charge >= 0.3 is 11.9 Å². The van der Waals surface area contributed by atoms with Gasteiger partial charge in [0, 0.05) is 0 Å². The summed E-state index contributed by atoms with van der Waals surface area (Å²) < 4.78 is 10.8. The molecule has 0 spiro atoms. The van der Waals surface area contributed by atoms with Crippen LogP contribution in [0, 0.1) is 5.92 Å². The van der Waals surface area contributed by atoms with Gasteiger partial charge in [-0.05, 0) is 42.3 Å². The summed E-state index contributed by atoms with van der Waals surface area (Å²) in [4.78, 5) is 23.1. The number of carbonyl (C=O) groups excluding carboxylic acids is 1. The van der Waals surface area contributed by atoms with Crippen LogP contribution in [0.4, 0.5) is 0 Å². The van der Waals surface area contributed by atoms with Crippen molar-refractivity contribution in [1.29, 1.82) is 0 Å². The maximum atomic E-state index is 12.2. The predicted octanol–water partition coefficient (Wildman–Crippen LogP) is 3.64. The van der Waals surface area contributed by atoms with Gasteiger partial charge in [0.05, 0.1) is 17.7 Å². The molecule has 120 valence electrons. The minimum atomic E-state index is -1.08. The van der Waals surface area contributed by atoms with E-state index in [0.717, 1.165) is 0 Å². The lowest BCUT2D eigenvalue weighted by Gasteiger charge is -2.10. The molecule has 0 aliphatic heterocycles. The number of carboxylic acid groups (broad SMARTS) is 1. The number of benzene rings is 2. The van der Waals surface area contributed by atoms with E-state index in [1.54, 1.807) is 24.3 Å². The summed E-state index contributed by atoms with van der Waals surface area (Å²) in [6, 6.07) is 12.5. The monoisotopic (exact) mass is 314 g/mol. The second-order valence-corrected chi connectivity index (χ2v) is 5.46. The molecule has 0 radical (unpaired) electrons. The van der Waals surface area contributed by atoms with E-state index >= 15 is 0 Å². The Hall–Kier alpha value is -2.82. The second kappa shape index (κ2) is 7.45. The Morgan fingerprint density at radius 1 is 1.00 bits per heavy atom. The molecule has 0 aliphatic carbocycles. The van der Waals surface area contributed by atoms with Crippen LogP contribution in [0.15, 0.2) is 48.5 Å². The lowest BCUT2D eigenvalue weighted by atomic mass is 10.2. The van der Waals surface area contributed by atoms with Gasteiger partial charge in [0.2, 0.25) is 0 Å². The maximum Gasteiger partial charge on any atom is 0.343 e. The number of hydrogen-bond acceptors (Lipinski definition) is 4. The van der Waals surface area contributed by atoms with Crippen LogP contribution in [0.3, 0.4) is 0 Å². The molecular formula is C18H18O5. The molecule has 0 unspecified atom stereocenters. The Balaban J connectivity index is 2.10. The van der Waals surface area contributed by atoms with Crippen LogP contribution in [-0.4, -0.2) is 23.7 Å². The van der Waals surface area contributed by atoms with Crippen molar-refractivity contribution in [2.24, 2.45) is 5.92 Å². The molecule has 23 heavy (non-hydrogen) atoms. The Morgan fingerprint density at radius 2 is 1.61 bits per heavy atom. The van der Waals surface area contributed by atoms with Gasteiger partial charge in [-0.15, -0.1) is 0 Å². The third kappa shape index (κ3) is 4.85. The smallest absolute Gasteiger partial charge is 0.343 e. The van der Waals surface area contributed by atoms with E-state index in [4.69, 9.17) is 14.6 Å². The molecule has 1 N–H and O–H groups in total. The van der Waals surface area contributed by atoms with Crippen molar-refractivity contribution in [2.45, 2.75) is 13.8 Å². The number of aromatic carboxylic acids is 1. The van der Waals surface area contributed by atoms with E-state index in [2.05, 4.69) is 0 Å². The first-order chi connectivity index (χ1) is 11.0. The molecule has 5 heteroatoms. The van der Waals surface area contributed by atoms with Crippen LogP contribution in [-0.2, 0) is 0 Å². The van der Waals surface area contributed by atoms with E-state index in [-0.39, 0.29) is 11.3 Å². The Bertz CT molecular complexity index is 706. The van der Waals surface area contributed by atoms with E-state index < -0.39 is 11.9 Å². The van der Waals surface area contributed by atoms with Gasteiger partial charge in [0.15, 0.2) is 0 Å². The Kier molecular flexibility index (Phi) is 5.36. The van der Waals surface area contributed by atoms with Crippen molar-refractivity contribution in [3.8, 4) is 11.5 Å². The van der Waals surface area contributed by atoms with Crippen LogP contribution in [0.2, 0.25) is 0 Å². The van der Waals surface area contributed by atoms with E-state index in [9.17, 15) is 9.59 Å². The zero-order valence-corrected chi connectivity index (χ0v) is 13.0. The molecule has 0 heterocycles. The lowest BCUT2D eigenvalue weighted by molar-refractivity contribution is 0.0687. The number of esters is 1. The standard InChI is InChI=1S/C18H18O5/c1-12(2)11-22-15-7-4-6-14(10-15)18(21)23-16-8-3-5-13(9-16)17(19)20/h3-10,12H,11H2,1-2H3,(H,19,20). The summed E-state index contributed by atoms with van der Waals surface area (Å²) in [5, 5.41) is 8.94. The molecular weight excluding hydrogens is 296 g/mol. The average molecular weight is 314 g/mol. The topological polar surface area (TPSA) is 72.8 Å². The normalized spacial score (nSPS) is 10.4. The predicted molar refractivity (Wildman–Crippen MR) is 85.1 cm³/mol. The summed E-state index contributed by atoms with van der Waals surface area (Å²) in [6.45, 7) is 4.63. The fourth-order valence-electron chi connectivity index (χ4n) is 1.83. The molecule has 0 bridgehead atoms. The van der Waals surface area contributed by atoms with Crippen LogP contribution in [0.1, 0.15) is 34.6 Å². The maximum absolute atomic E-state index is 12.2. The first kappa shape index (κ1) is 16.5. The summed E-state index contributed by atoms with van der Waals surface area (Å²) in [7, 11) is 0. The van der Waals surface area contributed by atoms with Crippen molar-refractivity contribution < 1.29 is 24.2 Å². The average Bonchev–Trinajstić information content (AvgIpc) is 2.53. The van der Waals surface area contributed by atoms with Gasteiger partial charge in [-0.2, -0.15) is 0 Å². The van der Waals surface area contributed by atoms with Gasteiger partial charge in [-0.1, -0.05) is 26.0 Å². The van der Waals surface area contributed by atoms with Crippen molar-refractivity contribution in [2.75, 3.05) is 6.61 Å². The number of rotatable bonds is 6. The van der Waals surface area contributed by atoms with Crippen molar-refractivity contribution in [1.82, 2.24) is 0 Å². The zero-order valence-electron chi connectivity index (χ0n) is 13.0. The molecule has 0 saturated carbocycles. The molecule has 0 saturated heterocycles. The largest absolute Gasteiger partial charge is 0.493 e. The molecule has 2 aromatic carbocycles. The highest BCUT2D eigenvalue weighted by Gasteiger charge is 2.11. The molecule has 5 nitrogen and oxygen atoms in total. The summed E-state index contributed by atoms with van der Waals surface area (Å²) in [5.74, 6) is -0.491. The molecule has 0 atom stereocenters. The van der Waals surface area contributed by atoms with Crippen LogP contribution in [0.25, 0.3) is 0 Å². The minimum Gasteiger partial charge on any atom is -0.493 e. The second-order valence-electron chi connectivity index (χ2n) is 5.46. The molecule has 2 aromatic rings. The first-order valence-electron chi connectivity index (χ1n) is 7.24. The van der Waals surface area contributed by atoms with E-state index in [1.807, 2.05) is 13.8 Å². The fraction of sp³-hybridized carbons (Fsp3) is 0.222. The minimum absolute atomic E-state index is 0.0596. The molecule has 0 fully saturated rings. The Labute approximate surface area is 134 Å². The number of ether oxygens (including phenoxy) is 2. The Morgan fingerprint density at radius 3 is 2.26 bits per heavy atom. The van der Waals surface area contributed by atoms with E-state index in [1.165, 1.54) is 24.3 Å². The summed E-state index contributed by atoms with van der Waals surface area (Å²) in [6.07, 6.45) is 0. The van der Waals surface area contributed by atoms with Crippen molar-refractivity contribution in [3.63, 3.8) is 0 Å². The molecule has 0 amide bonds. The molecule has 0 aliphatic rings. The summed E-state index contributed by atoms with van der Waals surface area (Å²) >= 11 is 0. The van der Waals surface area contributed by atoms with Gasteiger partial charge in [0.1, 0.15) is 11.5 Å². The third-order valence-corrected chi connectivity index (χ3v) is 2.94. The quantitative estimate of drug-likeness (QED) is 0.651. The lowest BCUT2D eigenvalue weighted by Crippen LogP contribution is -2.10. The van der Waals surface area contributed by atoms with Crippen molar-refractivity contribution >= 4 is 11.9 Å². The van der Waals surface area contributed by atoms with Crippen LogP contribution in [0.5, 0.6) is 11.5 Å². The summed E-state index contributed by atoms with van der Waals surface area (Å²) in [5.41, 5.74) is 0.399. The molecule has 0 aromatic heterocycles. The highest BCUT2D eigenvalue weighted by Crippen LogP contribution is 2.18. The number of hydrogen-bond donors (Lipinski definition) is 1. The van der Waals surface area contributed by atoms with Crippen LogP contribution >= 0.6 is 0 Å². The van der Waals surface area contributed by atoms with Gasteiger partial charge in [-0.3, -0.25) is 0 Å². The van der Waals surface area contributed by atoms with Gasteiger partial charge in [-0.25, -0.2) is 9.59 Å². The van der Waals surface area contributed by atoms with Crippen LogP contribution < -0.4 is 9.47 Å². The highest BCUT2D eigenvalue weighted by molar-refractivity contribution is 5.92. The molecule has 2 rings (SSSR count). The number of carboxylic acids is 1. The third-order valence-electron chi connectivity index (χ3n) is 2.94. The number of carbonyl (C=O) groups is 2. The van der Waals surface area contributed by atoms with Crippen molar-refractivity contribution in [3.05, 3.63) is 59.7 Å². The zero-order chi connectivity index (χ0) is 16.8. The highest BCUT2D eigenvalue weighted by atomic mass is 16.5. The van der Waals surface area contributed by atoms with Gasteiger partial charge < -0.3 is 14.6 Å². The SMILES string of the molecule is CC(C)COc1cccc(C(=O)Oc2cccc(C(=O)O)c2)c1. The van der Waals surface area contributed by atoms with Gasteiger partial charge in [0.25, 0.3) is 0 Å².